The zero-order valence-corrected chi connectivity index (χ0v) is 19.4. The van der Waals surface area contributed by atoms with Gasteiger partial charge in [0.05, 0.1) is 12.5 Å². The van der Waals surface area contributed by atoms with E-state index in [4.69, 9.17) is 16.9 Å². The van der Waals surface area contributed by atoms with Crippen molar-refractivity contribution in [3.63, 3.8) is 0 Å². The normalized spacial score (nSPS) is 15.4. The number of anilines is 1. The molecule has 0 saturated heterocycles. The Morgan fingerprint density at radius 3 is 2.53 bits per heavy atom. The van der Waals surface area contributed by atoms with Gasteiger partial charge in [-0.25, -0.2) is 0 Å². The highest BCUT2D eigenvalue weighted by Gasteiger charge is 2.27. The molecule has 1 fully saturated rings. The van der Waals surface area contributed by atoms with Crippen molar-refractivity contribution in [2.45, 2.75) is 44.6 Å². The van der Waals surface area contributed by atoms with E-state index in [0.717, 1.165) is 10.1 Å². The van der Waals surface area contributed by atoms with Gasteiger partial charge in [0.2, 0.25) is 0 Å². The summed E-state index contributed by atoms with van der Waals surface area (Å²) in [7, 11) is 0. The Labute approximate surface area is 197 Å². The number of carboxylic acids is 1. The van der Waals surface area contributed by atoms with Gasteiger partial charge in [-0.15, -0.1) is 11.3 Å². The van der Waals surface area contributed by atoms with Crippen molar-refractivity contribution in [2.24, 2.45) is 5.92 Å². The van der Waals surface area contributed by atoms with Crippen molar-refractivity contribution in [1.82, 2.24) is 4.42 Å². The van der Waals surface area contributed by atoms with Crippen molar-refractivity contribution in [3.05, 3.63) is 65.0 Å². The molecule has 1 heterocycles. The van der Waals surface area contributed by atoms with Gasteiger partial charge in [-0.3, -0.25) is 14.0 Å². The number of thiophene rings is 1. The van der Waals surface area contributed by atoms with Crippen LogP contribution in [0, 0.1) is 5.92 Å². The van der Waals surface area contributed by atoms with Crippen LogP contribution in [0.5, 0.6) is 0 Å². The van der Waals surface area contributed by atoms with Crippen molar-refractivity contribution in [1.29, 1.82) is 0 Å². The molecule has 0 aliphatic heterocycles. The third-order valence-electron chi connectivity index (χ3n) is 6.16. The third-order valence-corrected chi connectivity index (χ3v) is 7.47. The summed E-state index contributed by atoms with van der Waals surface area (Å²) >= 11 is 7.75. The fourth-order valence-electron chi connectivity index (χ4n) is 4.48. The average Bonchev–Trinajstić information content (AvgIpc) is 3.25. The maximum absolute atomic E-state index is 12.5. The molecular formula is C25H27ClN2O3S. The van der Waals surface area contributed by atoms with Gasteiger partial charge in [0.15, 0.2) is 0 Å². The fourth-order valence-corrected chi connectivity index (χ4v) is 5.66. The van der Waals surface area contributed by atoms with E-state index in [0.29, 0.717) is 11.5 Å². The van der Waals surface area contributed by atoms with E-state index < -0.39 is 11.9 Å². The van der Waals surface area contributed by atoms with E-state index in [1.807, 2.05) is 12.1 Å². The summed E-state index contributed by atoms with van der Waals surface area (Å²) in [6.07, 6.45) is 6.07. The van der Waals surface area contributed by atoms with E-state index in [1.165, 1.54) is 47.8 Å². The molecule has 1 amide bonds. The molecule has 7 heteroatoms. The van der Waals surface area contributed by atoms with Crippen LogP contribution in [0.3, 0.4) is 0 Å². The number of rotatable bonds is 8. The third kappa shape index (κ3) is 5.25. The van der Waals surface area contributed by atoms with Crippen molar-refractivity contribution < 1.29 is 14.7 Å². The molecule has 0 radical (unpaired) electrons. The van der Waals surface area contributed by atoms with Crippen LogP contribution >= 0.6 is 23.1 Å². The molecule has 0 bridgehead atoms. The monoisotopic (exact) mass is 470 g/mol. The van der Waals surface area contributed by atoms with Gasteiger partial charge in [-0.05, 0) is 65.4 Å². The number of halogens is 1. The molecule has 1 aromatic heterocycles. The molecule has 32 heavy (non-hydrogen) atoms. The number of hydrogen-bond acceptors (Lipinski definition) is 4. The van der Waals surface area contributed by atoms with Crippen LogP contribution in [-0.2, 0) is 4.79 Å². The molecule has 1 aliphatic carbocycles. The highest BCUT2D eigenvalue weighted by molar-refractivity contribution is 7.17. The Hall–Kier alpha value is -2.57. The minimum absolute atomic E-state index is 0.0370. The van der Waals surface area contributed by atoms with E-state index in [2.05, 4.69) is 35.0 Å². The molecule has 3 aromatic rings. The Balaban J connectivity index is 1.53. The van der Waals surface area contributed by atoms with Gasteiger partial charge in [0.25, 0.3) is 5.91 Å². The summed E-state index contributed by atoms with van der Waals surface area (Å²) in [5.41, 5.74) is 2.74. The van der Waals surface area contributed by atoms with E-state index in [9.17, 15) is 9.59 Å². The van der Waals surface area contributed by atoms with Gasteiger partial charge in [0, 0.05) is 34.3 Å². The number of carbonyl (C=O) groups is 2. The molecule has 0 spiro atoms. The summed E-state index contributed by atoms with van der Waals surface area (Å²) in [4.78, 5) is 23.2. The molecular weight excluding hydrogens is 444 g/mol. The minimum Gasteiger partial charge on any atom is -0.481 e. The van der Waals surface area contributed by atoms with Crippen molar-refractivity contribution in [2.75, 3.05) is 11.9 Å². The van der Waals surface area contributed by atoms with Crippen LogP contribution < -0.4 is 5.32 Å². The Kier molecular flexibility index (Phi) is 7.33. The molecule has 2 N–H and O–H groups in total. The summed E-state index contributed by atoms with van der Waals surface area (Å²) in [5.74, 6) is -0.817. The highest BCUT2D eigenvalue weighted by atomic mass is 35.5. The summed E-state index contributed by atoms with van der Waals surface area (Å²) in [5, 5.41) is 16.1. The van der Waals surface area contributed by atoms with Gasteiger partial charge in [-0.2, -0.15) is 0 Å². The molecule has 1 atom stereocenters. The lowest BCUT2D eigenvalue weighted by atomic mass is 9.81. The summed E-state index contributed by atoms with van der Waals surface area (Å²) in [6, 6.07) is 16.1. The van der Waals surface area contributed by atoms with Crippen LogP contribution in [0.2, 0.25) is 0 Å². The van der Waals surface area contributed by atoms with Gasteiger partial charge in [-0.1, -0.05) is 37.5 Å². The predicted octanol–water partition coefficient (Wildman–Crippen LogP) is 6.71. The van der Waals surface area contributed by atoms with Crippen LogP contribution in [0.25, 0.3) is 10.1 Å². The number of nitrogens with zero attached hydrogens (tertiary/aromatic N) is 1. The first kappa shape index (κ1) is 22.6. The fraction of sp³-hybridized carbons (Fsp3) is 0.360. The second kappa shape index (κ2) is 10.4. The number of amides is 1. The zero-order chi connectivity index (χ0) is 22.5. The van der Waals surface area contributed by atoms with Crippen molar-refractivity contribution >= 4 is 50.8 Å². The molecule has 1 unspecified atom stereocenters. The van der Waals surface area contributed by atoms with Crippen LogP contribution in [-0.4, -0.2) is 27.9 Å². The maximum Gasteiger partial charge on any atom is 0.305 e. The molecule has 1 saturated carbocycles. The Morgan fingerprint density at radius 2 is 1.81 bits per heavy atom. The number of carboxylic acid groups (broad SMARTS) is 1. The lowest BCUT2D eigenvalue weighted by molar-refractivity contribution is -0.137. The van der Waals surface area contributed by atoms with Crippen LogP contribution in [0.15, 0.2) is 53.9 Å². The molecule has 168 valence electrons. The van der Waals surface area contributed by atoms with Gasteiger partial charge in [0.1, 0.15) is 0 Å². The predicted molar refractivity (Wildman–Crippen MR) is 130 cm³/mol. The largest absolute Gasteiger partial charge is 0.481 e. The topological polar surface area (TPSA) is 69.6 Å². The minimum atomic E-state index is -0.988. The summed E-state index contributed by atoms with van der Waals surface area (Å²) < 4.78 is 2.23. The molecule has 1 aliphatic rings. The smallest absolute Gasteiger partial charge is 0.305 e. The highest BCUT2D eigenvalue weighted by Crippen LogP contribution is 2.41. The maximum atomic E-state index is 12.5. The second-order valence-corrected chi connectivity index (χ2v) is 9.64. The quantitative estimate of drug-likeness (QED) is 0.359. The number of fused-ring (bicyclic) bond motifs is 1. The molecule has 2 aromatic carbocycles. The first-order chi connectivity index (χ1) is 15.5. The standard InChI is InChI=1S/C25H27ClN2O3S/c26-28(15-14-23(29)30)25(31)18-10-12-19(13-11-18)27-24(17-6-2-1-3-7-17)21-16-32-22-9-5-4-8-20(21)22/h4-5,8-13,16-17,24,27H,1-3,6-7,14-15H2,(H,29,30). The number of hydrogen-bond donors (Lipinski definition) is 2. The molecule has 5 nitrogen and oxygen atoms in total. The lowest BCUT2D eigenvalue weighted by Gasteiger charge is -2.32. The average molecular weight is 471 g/mol. The number of nitrogens with one attached hydrogen (secondary N) is 1. The number of carbonyl (C=O) groups excluding carboxylic acids is 1. The first-order valence-corrected chi connectivity index (χ1v) is 12.3. The van der Waals surface area contributed by atoms with E-state index in [1.54, 1.807) is 23.5 Å². The number of benzene rings is 2. The van der Waals surface area contributed by atoms with Gasteiger partial charge >= 0.3 is 5.97 Å². The number of aliphatic carboxylic acids is 1. The SMILES string of the molecule is O=C(O)CCN(Cl)C(=O)c1ccc(NC(c2csc3ccccc23)C2CCCCC2)cc1. The second-order valence-electron chi connectivity index (χ2n) is 8.32. The van der Waals surface area contributed by atoms with E-state index in [-0.39, 0.29) is 19.0 Å². The Morgan fingerprint density at radius 1 is 1.09 bits per heavy atom. The van der Waals surface area contributed by atoms with Crippen molar-refractivity contribution in [3.8, 4) is 0 Å². The lowest BCUT2D eigenvalue weighted by Crippen LogP contribution is -2.24. The Bertz CT molecular complexity index is 1080. The zero-order valence-electron chi connectivity index (χ0n) is 17.8. The van der Waals surface area contributed by atoms with Crippen LogP contribution in [0.1, 0.15) is 60.5 Å². The van der Waals surface area contributed by atoms with Gasteiger partial charge < -0.3 is 10.4 Å². The van der Waals surface area contributed by atoms with Crippen LogP contribution in [0.4, 0.5) is 5.69 Å². The summed E-state index contributed by atoms with van der Waals surface area (Å²) in [6.45, 7) is -0.0370. The van der Waals surface area contributed by atoms with E-state index >= 15 is 0 Å². The molecule has 4 rings (SSSR count). The first-order valence-electron chi connectivity index (χ1n) is 11.0.